The van der Waals surface area contributed by atoms with Gasteiger partial charge in [0.1, 0.15) is 11.5 Å². The Morgan fingerprint density at radius 2 is 2.24 bits per heavy atom. The Morgan fingerprint density at radius 1 is 1.38 bits per heavy atom. The van der Waals surface area contributed by atoms with Crippen molar-refractivity contribution in [2.45, 2.75) is 19.9 Å². The van der Waals surface area contributed by atoms with Gasteiger partial charge in [0.2, 0.25) is 0 Å². The Bertz CT molecular complexity index is 663. The molecule has 3 rings (SSSR count). The van der Waals surface area contributed by atoms with Crippen molar-refractivity contribution >= 4 is 11.6 Å². The summed E-state index contributed by atoms with van der Waals surface area (Å²) in [5.41, 5.74) is 2.83. The lowest BCUT2D eigenvalue weighted by molar-refractivity contribution is -0.118. The van der Waals surface area contributed by atoms with Crippen molar-refractivity contribution in [1.82, 2.24) is 5.32 Å². The minimum absolute atomic E-state index is 0.0471. The quantitative estimate of drug-likeness (QED) is 0.907. The zero-order valence-electron chi connectivity index (χ0n) is 12.1. The van der Waals surface area contributed by atoms with E-state index >= 15 is 0 Å². The molecule has 1 unspecified atom stereocenters. The molecule has 1 aliphatic heterocycles. The first-order valence-electron chi connectivity index (χ1n) is 7.03. The summed E-state index contributed by atoms with van der Waals surface area (Å²) in [4.78, 5) is 11.4. The van der Waals surface area contributed by atoms with Gasteiger partial charge in [-0.25, -0.2) is 0 Å². The highest BCUT2D eigenvalue weighted by atomic mass is 16.5. The number of hydrogen-bond donors (Lipinski definition) is 2. The predicted octanol–water partition coefficient (Wildman–Crippen LogP) is 2.62. The van der Waals surface area contributed by atoms with Gasteiger partial charge in [-0.1, -0.05) is 13.0 Å². The minimum atomic E-state index is -0.131. The van der Waals surface area contributed by atoms with Crippen LogP contribution in [-0.4, -0.2) is 19.1 Å². The molecule has 0 radical (unpaired) electrons. The van der Waals surface area contributed by atoms with Crippen molar-refractivity contribution < 1.29 is 13.9 Å². The zero-order chi connectivity index (χ0) is 14.8. The van der Waals surface area contributed by atoms with Gasteiger partial charge in [0.05, 0.1) is 18.0 Å². The van der Waals surface area contributed by atoms with Crippen molar-refractivity contribution in [3.63, 3.8) is 0 Å². The van der Waals surface area contributed by atoms with Crippen molar-refractivity contribution in [2.75, 3.05) is 18.5 Å². The lowest BCUT2D eigenvalue weighted by atomic mass is 10.0. The Kier molecular flexibility index (Phi) is 3.66. The second kappa shape index (κ2) is 5.61. The summed E-state index contributed by atoms with van der Waals surface area (Å²) in [5, 5.41) is 6.25. The van der Waals surface area contributed by atoms with Crippen LogP contribution in [0.5, 0.6) is 5.75 Å². The predicted molar refractivity (Wildman–Crippen MR) is 79.5 cm³/mol. The van der Waals surface area contributed by atoms with E-state index in [9.17, 15) is 4.79 Å². The van der Waals surface area contributed by atoms with Crippen molar-refractivity contribution in [2.24, 2.45) is 0 Å². The molecule has 1 amide bonds. The van der Waals surface area contributed by atoms with Crippen LogP contribution < -0.4 is 15.4 Å². The maximum Gasteiger partial charge on any atom is 0.262 e. The van der Waals surface area contributed by atoms with Crippen LogP contribution in [0.3, 0.4) is 0 Å². The molecule has 1 aromatic carbocycles. The van der Waals surface area contributed by atoms with E-state index < -0.39 is 0 Å². The second-order valence-corrected chi connectivity index (χ2v) is 5.05. The van der Waals surface area contributed by atoms with Gasteiger partial charge < -0.3 is 19.8 Å². The fourth-order valence-corrected chi connectivity index (χ4v) is 2.53. The molecule has 5 heteroatoms. The lowest BCUT2D eigenvalue weighted by Gasteiger charge is -2.22. The minimum Gasteiger partial charge on any atom is -0.482 e. The molecule has 2 aromatic rings. The number of aryl methyl sites for hydroxylation is 1. The molecule has 1 aliphatic rings. The highest BCUT2D eigenvalue weighted by Crippen LogP contribution is 2.33. The summed E-state index contributed by atoms with van der Waals surface area (Å²) in [6.07, 6.45) is 1.69. The molecule has 1 atom stereocenters. The number of rotatable bonds is 4. The van der Waals surface area contributed by atoms with E-state index in [0.29, 0.717) is 11.4 Å². The van der Waals surface area contributed by atoms with Gasteiger partial charge in [0, 0.05) is 0 Å². The number of fused-ring (bicyclic) bond motifs is 1. The normalized spacial score (nSPS) is 15.0. The Hall–Kier alpha value is -2.27. The van der Waals surface area contributed by atoms with E-state index in [4.69, 9.17) is 9.15 Å². The van der Waals surface area contributed by atoms with E-state index in [-0.39, 0.29) is 18.6 Å². The number of carbonyl (C=O) groups excluding carboxylic acids is 1. The van der Waals surface area contributed by atoms with E-state index in [1.807, 2.05) is 31.2 Å². The molecular formula is C16H18N2O3. The highest BCUT2D eigenvalue weighted by Gasteiger charge is 2.22. The van der Waals surface area contributed by atoms with Crippen LogP contribution in [0.2, 0.25) is 0 Å². The van der Waals surface area contributed by atoms with E-state index in [1.54, 1.807) is 6.26 Å². The number of hydrogen-bond acceptors (Lipinski definition) is 4. The fourth-order valence-electron chi connectivity index (χ4n) is 2.53. The Morgan fingerprint density at radius 3 is 2.95 bits per heavy atom. The molecule has 21 heavy (non-hydrogen) atoms. The van der Waals surface area contributed by atoms with Crippen molar-refractivity contribution in [1.29, 1.82) is 0 Å². The first-order chi connectivity index (χ1) is 10.2. The largest absolute Gasteiger partial charge is 0.482 e. The number of benzene rings is 1. The third-order valence-electron chi connectivity index (χ3n) is 3.54. The molecule has 110 valence electrons. The number of ether oxygens (including phenoxy) is 1. The summed E-state index contributed by atoms with van der Waals surface area (Å²) < 4.78 is 11.0. The summed E-state index contributed by atoms with van der Waals surface area (Å²) in [6, 6.07) is 7.71. The third-order valence-corrected chi connectivity index (χ3v) is 3.54. The fraction of sp³-hybridized carbons (Fsp3) is 0.312. The maximum atomic E-state index is 11.4. The summed E-state index contributed by atoms with van der Waals surface area (Å²) in [5.74, 6) is 1.46. The van der Waals surface area contributed by atoms with E-state index in [0.717, 1.165) is 23.4 Å². The van der Waals surface area contributed by atoms with Gasteiger partial charge in [-0.2, -0.15) is 0 Å². The number of carbonyl (C=O) groups is 1. The summed E-state index contributed by atoms with van der Waals surface area (Å²) in [6.45, 7) is 4.95. The van der Waals surface area contributed by atoms with Crippen LogP contribution in [-0.2, 0) is 4.79 Å². The summed E-state index contributed by atoms with van der Waals surface area (Å²) >= 11 is 0. The van der Waals surface area contributed by atoms with Crippen LogP contribution in [0, 0.1) is 6.92 Å². The number of furan rings is 1. The molecule has 1 aromatic heterocycles. The van der Waals surface area contributed by atoms with Gasteiger partial charge in [-0.3, -0.25) is 4.79 Å². The molecule has 2 N–H and O–H groups in total. The van der Waals surface area contributed by atoms with Gasteiger partial charge in [-0.15, -0.1) is 0 Å². The Balaban J connectivity index is 1.98. The molecular weight excluding hydrogens is 268 g/mol. The maximum absolute atomic E-state index is 11.4. The van der Waals surface area contributed by atoms with Crippen molar-refractivity contribution in [3.8, 4) is 5.75 Å². The average Bonchev–Trinajstić information content (AvgIpc) is 2.90. The first-order valence-corrected chi connectivity index (χ1v) is 7.03. The molecule has 0 spiro atoms. The number of nitrogens with one attached hydrogen (secondary N) is 2. The summed E-state index contributed by atoms with van der Waals surface area (Å²) in [7, 11) is 0. The van der Waals surface area contributed by atoms with Gasteiger partial charge in [0.15, 0.2) is 6.61 Å². The average molecular weight is 286 g/mol. The molecule has 5 nitrogen and oxygen atoms in total. The third kappa shape index (κ3) is 2.64. The van der Waals surface area contributed by atoms with Crippen LogP contribution in [0.25, 0.3) is 0 Å². The molecule has 0 bridgehead atoms. The second-order valence-electron chi connectivity index (χ2n) is 5.05. The molecule has 0 saturated carbocycles. The molecule has 2 heterocycles. The monoisotopic (exact) mass is 286 g/mol. The van der Waals surface area contributed by atoms with Gasteiger partial charge in [-0.05, 0) is 42.8 Å². The molecule has 0 saturated heterocycles. The van der Waals surface area contributed by atoms with Crippen LogP contribution >= 0.6 is 0 Å². The topological polar surface area (TPSA) is 63.5 Å². The number of amides is 1. The van der Waals surface area contributed by atoms with Crippen molar-refractivity contribution in [3.05, 3.63) is 47.4 Å². The lowest BCUT2D eigenvalue weighted by Crippen LogP contribution is -2.26. The van der Waals surface area contributed by atoms with Crippen LogP contribution in [0.1, 0.15) is 29.9 Å². The zero-order valence-corrected chi connectivity index (χ0v) is 12.1. The van der Waals surface area contributed by atoms with Crippen LogP contribution in [0.4, 0.5) is 5.69 Å². The molecule has 0 fully saturated rings. The Labute approximate surface area is 123 Å². The standard InChI is InChI=1S/C16H18N2O3/c1-3-17-15(16-10(2)6-7-20-16)11-4-5-13-12(8-11)18-14(19)9-21-13/h4-8,15,17H,3,9H2,1-2H3,(H,18,19). The smallest absolute Gasteiger partial charge is 0.262 e. The SMILES string of the molecule is CCNC(c1ccc2c(c1)NC(=O)CO2)c1occc1C. The molecule has 0 aliphatic carbocycles. The van der Waals surface area contributed by atoms with E-state index in [2.05, 4.69) is 17.6 Å². The first kappa shape index (κ1) is 13.7. The van der Waals surface area contributed by atoms with Gasteiger partial charge in [0.25, 0.3) is 5.91 Å². The van der Waals surface area contributed by atoms with Crippen LogP contribution in [0.15, 0.2) is 34.9 Å². The highest BCUT2D eigenvalue weighted by molar-refractivity contribution is 5.95. The van der Waals surface area contributed by atoms with E-state index in [1.165, 1.54) is 0 Å². The number of anilines is 1. The van der Waals surface area contributed by atoms with Gasteiger partial charge >= 0.3 is 0 Å².